The molecule has 0 atom stereocenters. The third-order valence-corrected chi connectivity index (χ3v) is 0. The summed E-state index contributed by atoms with van der Waals surface area (Å²) in [5.41, 5.74) is 0. The Morgan fingerprint density at radius 1 is 0.625 bits per heavy atom. The molecule has 0 bridgehead atoms. The molecule has 0 heterocycles. The zero-order chi connectivity index (χ0) is 0. The molecule has 0 unspecified atom stereocenters. The van der Waals surface area contributed by atoms with Gasteiger partial charge in [0.05, 0.1) is 0 Å². The second-order valence-electron chi connectivity index (χ2n) is 0. The van der Waals surface area contributed by atoms with Gasteiger partial charge in [-0.3, -0.25) is 0 Å². The fourth-order valence-electron chi connectivity index (χ4n) is 0. The first-order valence-electron chi connectivity index (χ1n) is 0. The number of rotatable bonds is 0. The van der Waals surface area contributed by atoms with Crippen LogP contribution in [0.15, 0.2) is 0 Å². The Balaban J connectivity index is 0. The van der Waals surface area contributed by atoms with E-state index >= 15 is 0 Å². The number of halogens is 4. The van der Waals surface area contributed by atoms with E-state index < -0.39 is 0 Å². The molecule has 0 spiro atoms. The fraction of sp³-hybridized carbons (Fsp3) is 0. The van der Waals surface area contributed by atoms with E-state index in [-0.39, 0.29) is 206 Å². The van der Waals surface area contributed by atoms with Gasteiger partial charge in [0.2, 0.25) is 0 Å². The minimum atomic E-state index is 0. The third-order valence-electron chi connectivity index (χ3n) is 0. The van der Waals surface area contributed by atoms with E-state index in [9.17, 15) is 0 Å². The van der Waals surface area contributed by atoms with Gasteiger partial charge in [-0.1, -0.05) is 0 Å². The van der Waals surface area contributed by atoms with Crippen LogP contribution in [0.1, 0.15) is 0 Å². The van der Waals surface area contributed by atoms with Crippen LogP contribution in [0.4, 0.5) is 0 Å². The van der Waals surface area contributed by atoms with Crippen molar-refractivity contribution in [3.8, 4) is 0 Å². The molecule has 0 aliphatic heterocycles. The number of hydrogen-bond donors (Lipinski definition) is 0. The molecule has 0 nitrogen and oxygen atoms in total. The zero-order valence-corrected chi connectivity index (χ0v) is 4.90. The summed E-state index contributed by atoms with van der Waals surface area (Å²) in [4.78, 5) is 0. The van der Waals surface area contributed by atoms with Crippen molar-refractivity contribution >= 4 is 206 Å². The van der Waals surface area contributed by atoms with Crippen LogP contribution < -0.4 is 0 Å². The van der Waals surface area contributed by atoms with Crippen LogP contribution in [0.25, 0.3) is 0 Å². The molecule has 8 heteroatoms. The first kappa shape index (κ1) is 64.2. The van der Waals surface area contributed by atoms with Crippen LogP contribution in [-0.4, -0.2) is 157 Å². The molecule has 0 saturated heterocycles. The predicted octanol–water partition coefficient (Wildman–Crippen LogP) is -1.44. The van der Waals surface area contributed by atoms with Crippen LogP contribution in [-0.2, 0) is 0 Å². The van der Waals surface area contributed by atoms with E-state index in [0.717, 1.165) is 0 Å². The monoisotopic (exact) mass is 374 g/mol. The van der Waals surface area contributed by atoms with Gasteiger partial charge in [-0.25, -0.2) is 0 Å². The van der Waals surface area contributed by atoms with E-state index in [0.29, 0.717) is 0 Å². The molecule has 0 aliphatic carbocycles. The topological polar surface area (TPSA) is 0 Å². The van der Waals surface area contributed by atoms with Crippen molar-refractivity contribution in [1.29, 1.82) is 0 Å². The molecule has 0 amide bonds. The zero-order valence-electron chi connectivity index (χ0n) is 1.63. The van der Waals surface area contributed by atoms with Crippen molar-refractivity contribution in [3.05, 3.63) is 0 Å². The molecule has 0 rings (SSSR count). The van der Waals surface area contributed by atoms with E-state index in [4.69, 9.17) is 0 Å². The van der Waals surface area contributed by atoms with E-state index in [1.54, 1.807) is 0 Å². The summed E-state index contributed by atoms with van der Waals surface area (Å²) in [6.45, 7) is 0. The molecule has 44 valence electrons. The fourth-order valence-corrected chi connectivity index (χ4v) is 0. The number of hydrogen-bond acceptors (Lipinski definition) is 0. The molecule has 0 aliphatic rings. The summed E-state index contributed by atoms with van der Waals surface area (Å²) in [7, 11) is 0. The second kappa shape index (κ2) is 51.0. The van der Waals surface area contributed by atoms with Gasteiger partial charge >= 0.3 is 157 Å². The molecular formula is H10BaCaCl4KLi. The van der Waals surface area contributed by atoms with Crippen molar-refractivity contribution in [1.82, 2.24) is 0 Å². The van der Waals surface area contributed by atoms with Gasteiger partial charge in [-0.2, -0.15) is 0 Å². The molecule has 0 fully saturated rings. The van der Waals surface area contributed by atoms with Gasteiger partial charge in [0, 0.05) is 0 Å². The SMILES string of the molecule is Cl.Cl.Cl.Cl.[BaH2].[CaH2].[KH].[LiH]. The van der Waals surface area contributed by atoms with Gasteiger partial charge in [0.15, 0.2) is 0 Å². The molecule has 0 saturated carbocycles. The molecule has 0 N–H and O–H groups in total. The molecule has 0 aromatic rings. The minimum absolute atomic E-state index is 0. The van der Waals surface area contributed by atoms with Crippen LogP contribution in [0.5, 0.6) is 0 Å². The summed E-state index contributed by atoms with van der Waals surface area (Å²) < 4.78 is 0. The summed E-state index contributed by atoms with van der Waals surface area (Å²) in [5.74, 6) is 0. The van der Waals surface area contributed by atoms with Gasteiger partial charge in [0.1, 0.15) is 0 Å². The van der Waals surface area contributed by atoms with Crippen LogP contribution in [0.3, 0.4) is 0 Å². The molecule has 0 radical (unpaired) electrons. The van der Waals surface area contributed by atoms with Crippen LogP contribution in [0.2, 0.25) is 0 Å². The van der Waals surface area contributed by atoms with E-state index in [1.807, 2.05) is 0 Å². The van der Waals surface area contributed by atoms with Gasteiger partial charge in [-0.15, -0.1) is 49.6 Å². The van der Waals surface area contributed by atoms with Gasteiger partial charge in [0.25, 0.3) is 0 Å². The third kappa shape index (κ3) is 39.8. The average molecular weight is 375 g/mol. The summed E-state index contributed by atoms with van der Waals surface area (Å²) in [5, 5.41) is 0. The molecule has 0 aromatic heterocycles. The van der Waals surface area contributed by atoms with Crippen molar-refractivity contribution in [2.24, 2.45) is 0 Å². The van der Waals surface area contributed by atoms with E-state index in [1.165, 1.54) is 0 Å². The molecular weight excluding hydrogens is 365 g/mol. The summed E-state index contributed by atoms with van der Waals surface area (Å²) >= 11 is 0. The Kier molecular flexibility index (Phi) is 409. The first-order chi connectivity index (χ1) is 0. The quantitative estimate of drug-likeness (QED) is 0.455. The summed E-state index contributed by atoms with van der Waals surface area (Å²) in [6.07, 6.45) is 0. The first-order valence-corrected chi connectivity index (χ1v) is 0. The molecule has 8 heavy (non-hydrogen) atoms. The average Bonchev–Trinajstić information content (AvgIpc) is 0. The molecule has 0 aromatic carbocycles. The van der Waals surface area contributed by atoms with Crippen molar-refractivity contribution in [3.63, 3.8) is 0 Å². The maximum atomic E-state index is 0. The van der Waals surface area contributed by atoms with Gasteiger partial charge in [-0.05, 0) is 0 Å². The van der Waals surface area contributed by atoms with Crippen molar-refractivity contribution < 1.29 is 0 Å². The Hall–Kier alpha value is 6.22. The second-order valence-corrected chi connectivity index (χ2v) is 0. The van der Waals surface area contributed by atoms with Gasteiger partial charge < -0.3 is 0 Å². The Morgan fingerprint density at radius 3 is 0.625 bits per heavy atom. The predicted molar refractivity (Wildman–Crippen MR) is 60.4 cm³/mol. The van der Waals surface area contributed by atoms with Crippen LogP contribution in [0, 0.1) is 0 Å². The van der Waals surface area contributed by atoms with E-state index in [2.05, 4.69) is 0 Å². The standard InChI is InChI=1S/Ba.Ca.4ClH.K.Li.6H/h;;4*1H;;;;;;;;. The Labute approximate surface area is 200 Å². The van der Waals surface area contributed by atoms with Crippen molar-refractivity contribution in [2.45, 2.75) is 0 Å². The normalized spacial score (nSPS) is 0. The summed E-state index contributed by atoms with van der Waals surface area (Å²) in [6, 6.07) is 0. The Bertz CT molecular complexity index is 16.0. The van der Waals surface area contributed by atoms with Crippen molar-refractivity contribution in [2.75, 3.05) is 0 Å². The maximum absolute atomic E-state index is 0. The van der Waals surface area contributed by atoms with Crippen LogP contribution >= 0.6 is 49.6 Å². The Morgan fingerprint density at radius 2 is 0.625 bits per heavy atom.